The molecule has 1 aromatic carbocycles. The number of ether oxygens (including phenoxy) is 1. The molecule has 98 valence electrons. The Kier molecular flexibility index (Phi) is 3.08. The number of fused-ring (bicyclic) bond motifs is 1. The van der Waals surface area contributed by atoms with E-state index in [1.807, 2.05) is 31.2 Å². The summed E-state index contributed by atoms with van der Waals surface area (Å²) in [5.41, 5.74) is 1.37. The van der Waals surface area contributed by atoms with Gasteiger partial charge in [0.05, 0.1) is 24.8 Å². The van der Waals surface area contributed by atoms with Gasteiger partial charge < -0.3 is 9.64 Å². The zero-order valence-electron chi connectivity index (χ0n) is 10.6. The Morgan fingerprint density at radius 2 is 2.11 bits per heavy atom. The molecule has 0 unspecified atom stereocenters. The Morgan fingerprint density at radius 1 is 1.32 bits per heavy atom. The Morgan fingerprint density at radius 3 is 2.89 bits per heavy atom. The molecule has 19 heavy (non-hydrogen) atoms. The molecule has 1 aromatic heterocycles. The summed E-state index contributed by atoms with van der Waals surface area (Å²) in [6, 6.07) is 7.41. The monoisotopic (exact) mass is 258 g/mol. The van der Waals surface area contributed by atoms with E-state index in [2.05, 4.69) is 15.2 Å². The molecule has 0 radical (unpaired) electrons. The van der Waals surface area contributed by atoms with Crippen LogP contribution < -0.4 is 0 Å². The summed E-state index contributed by atoms with van der Waals surface area (Å²) in [5.74, 6) is -0.0403. The van der Waals surface area contributed by atoms with Crippen LogP contribution in [0.15, 0.2) is 24.3 Å². The lowest BCUT2D eigenvalue weighted by molar-refractivity contribution is 0.00288. The smallest absolute Gasteiger partial charge is 0.293 e. The molecule has 2 aromatic rings. The number of hydrogen-bond donors (Lipinski definition) is 0. The second-order valence-corrected chi connectivity index (χ2v) is 4.55. The van der Waals surface area contributed by atoms with Crippen LogP contribution in [0.5, 0.6) is 0 Å². The van der Waals surface area contributed by atoms with Gasteiger partial charge in [-0.1, -0.05) is 12.1 Å². The molecule has 1 aliphatic heterocycles. The quantitative estimate of drug-likeness (QED) is 0.759. The average Bonchev–Trinajstić information content (AvgIpc) is 2.46. The van der Waals surface area contributed by atoms with Crippen LogP contribution in [0, 0.1) is 0 Å². The average molecular weight is 258 g/mol. The maximum absolute atomic E-state index is 12.4. The second kappa shape index (κ2) is 4.89. The van der Waals surface area contributed by atoms with E-state index in [1.54, 1.807) is 4.90 Å². The molecule has 2 heterocycles. The van der Waals surface area contributed by atoms with E-state index in [4.69, 9.17) is 4.74 Å². The minimum atomic E-state index is -0.186. The van der Waals surface area contributed by atoms with Crippen LogP contribution in [0.1, 0.15) is 17.5 Å². The lowest BCUT2D eigenvalue weighted by atomic mass is 10.2. The summed E-state index contributed by atoms with van der Waals surface area (Å²) in [7, 11) is 0. The summed E-state index contributed by atoms with van der Waals surface area (Å²) < 4.78 is 5.32. The highest BCUT2D eigenvalue weighted by Crippen LogP contribution is 2.12. The van der Waals surface area contributed by atoms with Gasteiger partial charge >= 0.3 is 0 Å². The number of benzene rings is 1. The number of rotatable bonds is 1. The molecule has 1 amide bonds. The van der Waals surface area contributed by atoms with Crippen molar-refractivity contribution in [3.05, 3.63) is 30.1 Å². The number of carbonyl (C=O) groups is 1. The highest BCUT2D eigenvalue weighted by molar-refractivity contribution is 5.92. The molecular weight excluding hydrogens is 244 g/mol. The third kappa shape index (κ3) is 2.26. The fourth-order valence-corrected chi connectivity index (χ4v) is 2.13. The maximum atomic E-state index is 12.4. The first-order valence-corrected chi connectivity index (χ1v) is 6.24. The Hall–Kier alpha value is -2.08. The van der Waals surface area contributed by atoms with Gasteiger partial charge in [-0.3, -0.25) is 4.79 Å². The first-order chi connectivity index (χ1) is 9.25. The van der Waals surface area contributed by atoms with Crippen molar-refractivity contribution < 1.29 is 9.53 Å². The number of aromatic nitrogens is 3. The van der Waals surface area contributed by atoms with Crippen LogP contribution in [0.25, 0.3) is 11.0 Å². The Labute approximate surface area is 110 Å². The fraction of sp³-hybridized carbons (Fsp3) is 0.385. The third-order valence-electron chi connectivity index (χ3n) is 3.18. The molecule has 0 N–H and O–H groups in total. The van der Waals surface area contributed by atoms with Gasteiger partial charge in [-0.25, -0.2) is 4.98 Å². The standard InChI is InChI=1S/C13H14N4O2/c1-9-8-19-7-6-17(9)13(18)12-14-10-4-2-3-5-11(10)15-16-12/h2-5,9H,6-8H2,1H3/t9-/m0/s1. The van der Waals surface area contributed by atoms with Crippen molar-refractivity contribution in [1.29, 1.82) is 0 Å². The molecule has 1 aliphatic rings. The van der Waals surface area contributed by atoms with Crippen molar-refractivity contribution in [2.45, 2.75) is 13.0 Å². The van der Waals surface area contributed by atoms with Crippen LogP contribution in [0.3, 0.4) is 0 Å². The second-order valence-electron chi connectivity index (χ2n) is 4.55. The lowest BCUT2D eigenvalue weighted by Gasteiger charge is -2.32. The van der Waals surface area contributed by atoms with Gasteiger partial charge in [-0.15, -0.1) is 10.2 Å². The van der Waals surface area contributed by atoms with Crippen LogP contribution >= 0.6 is 0 Å². The summed E-state index contributed by atoms with van der Waals surface area (Å²) in [4.78, 5) is 18.4. The highest BCUT2D eigenvalue weighted by Gasteiger charge is 2.26. The lowest BCUT2D eigenvalue weighted by Crippen LogP contribution is -2.47. The van der Waals surface area contributed by atoms with Crippen molar-refractivity contribution in [2.24, 2.45) is 0 Å². The molecule has 6 heteroatoms. The van der Waals surface area contributed by atoms with Crippen molar-refractivity contribution >= 4 is 16.9 Å². The summed E-state index contributed by atoms with van der Waals surface area (Å²) in [6.45, 7) is 3.62. The van der Waals surface area contributed by atoms with Gasteiger partial charge in [-0.2, -0.15) is 0 Å². The van der Waals surface area contributed by atoms with Gasteiger partial charge in [0.2, 0.25) is 5.82 Å². The SMILES string of the molecule is C[C@H]1COCCN1C(=O)c1nnc2ccccc2n1. The van der Waals surface area contributed by atoms with Crippen molar-refractivity contribution in [2.75, 3.05) is 19.8 Å². The van der Waals surface area contributed by atoms with Gasteiger partial charge in [0.15, 0.2) is 0 Å². The Bertz CT molecular complexity index is 616. The number of hydrogen-bond acceptors (Lipinski definition) is 5. The number of carbonyl (C=O) groups excluding carboxylic acids is 1. The predicted octanol–water partition coefficient (Wildman–Crippen LogP) is 0.886. The minimum absolute atomic E-state index is 0.0383. The van der Waals surface area contributed by atoms with Crippen molar-refractivity contribution in [3.63, 3.8) is 0 Å². The van der Waals surface area contributed by atoms with Gasteiger partial charge in [0, 0.05) is 6.54 Å². The molecule has 0 aliphatic carbocycles. The van der Waals surface area contributed by atoms with E-state index >= 15 is 0 Å². The fourth-order valence-electron chi connectivity index (χ4n) is 2.13. The van der Waals surface area contributed by atoms with E-state index in [9.17, 15) is 4.79 Å². The highest BCUT2D eigenvalue weighted by atomic mass is 16.5. The maximum Gasteiger partial charge on any atom is 0.293 e. The van der Waals surface area contributed by atoms with Crippen LogP contribution in [0.2, 0.25) is 0 Å². The Balaban J connectivity index is 1.92. The molecule has 1 atom stereocenters. The summed E-state index contributed by atoms with van der Waals surface area (Å²) >= 11 is 0. The molecule has 0 saturated carbocycles. The van der Waals surface area contributed by atoms with Crippen LogP contribution in [-0.4, -0.2) is 51.8 Å². The first kappa shape index (κ1) is 12.0. The van der Waals surface area contributed by atoms with E-state index < -0.39 is 0 Å². The normalized spacial score (nSPS) is 19.6. The number of para-hydroxylation sites is 1. The topological polar surface area (TPSA) is 68.2 Å². The molecule has 6 nitrogen and oxygen atoms in total. The molecule has 0 bridgehead atoms. The minimum Gasteiger partial charge on any atom is -0.377 e. The van der Waals surface area contributed by atoms with E-state index in [0.29, 0.717) is 30.8 Å². The molecule has 1 saturated heterocycles. The number of morpholine rings is 1. The molecular formula is C13H14N4O2. The molecule has 3 rings (SSSR count). The van der Waals surface area contributed by atoms with E-state index in [-0.39, 0.29) is 17.8 Å². The van der Waals surface area contributed by atoms with Gasteiger partial charge in [0.25, 0.3) is 5.91 Å². The molecule has 1 fully saturated rings. The van der Waals surface area contributed by atoms with Gasteiger partial charge in [-0.05, 0) is 19.1 Å². The van der Waals surface area contributed by atoms with Crippen molar-refractivity contribution in [1.82, 2.24) is 20.1 Å². The van der Waals surface area contributed by atoms with Crippen molar-refractivity contribution in [3.8, 4) is 0 Å². The zero-order chi connectivity index (χ0) is 13.2. The zero-order valence-corrected chi connectivity index (χ0v) is 10.6. The largest absolute Gasteiger partial charge is 0.377 e. The van der Waals surface area contributed by atoms with Gasteiger partial charge in [0.1, 0.15) is 5.52 Å². The summed E-state index contributed by atoms with van der Waals surface area (Å²) in [5, 5.41) is 7.95. The third-order valence-corrected chi connectivity index (χ3v) is 3.18. The predicted molar refractivity (Wildman–Crippen MR) is 68.7 cm³/mol. The van der Waals surface area contributed by atoms with E-state index in [0.717, 1.165) is 0 Å². The van der Waals surface area contributed by atoms with E-state index in [1.165, 1.54) is 0 Å². The molecule has 0 spiro atoms. The van der Waals surface area contributed by atoms with Crippen LogP contribution in [-0.2, 0) is 4.74 Å². The summed E-state index contributed by atoms with van der Waals surface area (Å²) in [6.07, 6.45) is 0. The number of amides is 1. The van der Waals surface area contributed by atoms with Crippen LogP contribution in [0.4, 0.5) is 0 Å². The number of nitrogens with zero attached hydrogens (tertiary/aromatic N) is 4. The first-order valence-electron chi connectivity index (χ1n) is 6.24.